The molecular weight excluding hydrogens is 532 g/mol. The summed E-state index contributed by atoms with van der Waals surface area (Å²) in [5.74, 6) is 2.91. The normalized spacial score (nSPS) is 20.2. The SMILES string of the molecule is CCN1C(=CC2=C(C(=C=N)C#N)C(=CC3=[N+](CC)c4ccc(OC)cc4C3(C)C)C2=O)C(C)(C)c2cc(Cl)ccc21. The summed E-state index contributed by atoms with van der Waals surface area (Å²) in [6.07, 6.45) is 3.79. The molecular formula is C34H34ClN4O2+. The maximum Gasteiger partial charge on any atom is 0.210 e. The highest BCUT2D eigenvalue weighted by Crippen LogP contribution is 2.50. The number of allylic oxidation sites excluding steroid dienone is 7. The molecule has 208 valence electrons. The molecule has 41 heavy (non-hydrogen) atoms. The van der Waals surface area contributed by atoms with E-state index in [1.165, 1.54) is 0 Å². The highest BCUT2D eigenvalue weighted by atomic mass is 35.5. The Hall–Kier alpha value is -4.17. The minimum Gasteiger partial charge on any atom is -0.497 e. The number of nitrogens with one attached hydrogen (secondary N) is 1. The number of nitrogens with zero attached hydrogens (tertiary/aromatic N) is 3. The van der Waals surface area contributed by atoms with Crippen LogP contribution in [0.15, 0.2) is 76.5 Å². The van der Waals surface area contributed by atoms with Crippen molar-refractivity contribution < 1.29 is 14.1 Å². The zero-order chi connectivity index (χ0) is 29.9. The third-order valence-electron chi connectivity index (χ3n) is 8.66. The number of ether oxygens (including phenoxy) is 1. The van der Waals surface area contributed by atoms with E-state index in [-0.39, 0.29) is 11.4 Å². The van der Waals surface area contributed by atoms with Crippen molar-refractivity contribution in [3.8, 4) is 11.8 Å². The second-order valence-electron chi connectivity index (χ2n) is 11.5. The minimum absolute atomic E-state index is 0.0424. The highest BCUT2D eigenvalue weighted by Gasteiger charge is 2.47. The maximum atomic E-state index is 13.9. The fourth-order valence-corrected chi connectivity index (χ4v) is 6.62. The molecule has 3 aliphatic rings. The van der Waals surface area contributed by atoms with Crippen LogP contribution in [-0.4, -0.2) is 42.1 Å². The number of nitriles is 1. The molecule has 2 aromatic rings. The zero-order valence-corrected chi connectivity index (χ0v) is 25.3. The molecule has 1 N–H and O–H groups in total. The fourth-order valence-electron chi connectivity index (χ4n) is 6.45. The number of hydrogen-bond donors (Lipinski definition) is 1. The van der Waals surface area contributed by atoms with Crippen molar-refractivity contribution in [2.24, 2.45) is 0 Å². The summed E-state index contributed by atoms with van der Waals surface area (Å²) in [4.78, 5) is 16.1. The van der Waals surface area contributed by atoms with Crippen LogP contribution in [0.4, 0.5) is 11.4 Å². The average Bonchev–Trinajstić information content (AvgIpc) is 3.30. The second kappa shape index (κ2) is 10.0. The summed E-state index contributed by atoms with van der Waals surface area (Å²) in [6.45, 7) is 14.0. The highest BCUT2D eigenvalue weighted by molar-refractivity contribution is 6.31. The number of carbonyl (C=O) groups is 1. The van der Waals surface area contributed by atoms with Gasteiger partial charge in [-0.25, -0.2) is 0 Å². The van der Waals surface area contributed by atoms with Gasteiger partial charge >= 0.3 is 0 Å². The van der Waals surface area contributed by atoms with Crippen molar-refractivity contribution in [3.05, 3.63) is 92.7 Å². The molecule has 5 rings (SSSR count). The minimum atomic E-state index is -0.419. The number of fused-ring (bicyclic) bond motifs is 2. The monoisotopic (exact) mass is 565 g/mol. The second-order valence-corrected chi connectivity index (χ2v) is 11.9. The van der Waals surface area contributed by atoms with E-state index >= 15 is 0 Å². The van der Waals surface area contributed by atoms with Gasteiger partial charge in [0.1, 0.15) is 23.9 Å². The van der Waals surface area contributed by atoms with E-state index in [0.717, 1.165) is 39.7 Å². The molecule has 2 aromatic carbocycles. The van der Waals surface area contributed by atoms with Crippen molar-refractivity contribution in [1.29, 1.82) is 10.7 Å². The van der Waals surface area contributed by atoms with Crippen molar-refractivity contribution in [3.63, 3.8) is 0 Å². The Morgan fingerprint density at radius 1 is 1.10 bits per heavy atom. The van der Waals surface area contributed by atoms with E-state index in [9.17, 15) is 10.1 Å². The van der Waals surface area contributed by atoms with Crippen LogP contribution in [0.2, 0.25) is 5.02 Å². The summed E-state index contributed by atoms with van der Waals surface area (Å²) in [5.41, 5.74) is 6.73. The molecule has 0 atom stereocenters. The van der Waals surface area contributed by atoms with Gasteiger partial charge in [-0.15, -0.1) is 0 Å². The molecule has 0 aromatic heterocycles. The van der Waals surface area contributed by atoms with Gasteiger partial charge in [0.05, 0.1) is 12.5 Å². The van der Waals surface area contributed by atoms with Crippen molar-refractivity contribution in [2.75, 3.05) is 25.1 Å². The van der Waals surface area contributed by atoms with Crippen LogP contribution in [0.3, 0.4) is 0 Å². The van der Waals surface area contributed by atoms with Gasteiger partial charge < -0.3 is 9.64 Å². The van der Waals surface area contributed by atoms with Crippen LogP contribution in [0.1, 0.15) is 52.7 Å². The number of likely N-dealkylation sites (N-methyl/N-ethyl adjacent to an activating group) is 1. The molecule has 0 bridgehead atoms. The Bertz CT molecular complexity index is 1740. The van der Waals surface area contributed by atoms with Gasteiger partial charge in [0, 0.05) is 62.8 Å². The number of halogens is 1. The molecule has 0 fully saturated rings. The Morgan fingerprint density at radius 3 is 2.44 bits per heavy atom. The lowest BCUT2D eigenvalue weighted by atomic mass is 9.73. The van der Waals surface area contributed by atoms with Crippen LogP contribution < -0.4 is 9.64 Å². The van der Waals surface area contributed by atoms with Crippen LogP contribution in [0, 0.1) is 16.7 Å². The molecule has 0 saturated carbocycles. The van der Waals surface area contributed by atoms with Gasteiger partial charge in [-0.3, -0.25) is 10.2 Å². The Balaban J connectivity index is 1.70. The third-order valence-corrected chi connectivity index (χ3v) is 8.90. The topological polar surface area (TPSA) is 80.2 Å². The van der Waals surface area contributed by atoms with Crippen LogP contribution in [0.25, 0.3) is 0 Å². The molecule has 0 saturated heterocycles. The standard InChI is InChI=1S/C34H34ClN4O2/c1-8-38-27-12-10-21(35)14-25(27)33(3,4)29(38)16-23-31(20(18-36)19-37)24(32(23)40)17-30-34(5,6)26-15-22(41-7)11-13-28(26)39(30)9-2/h10-17,36H,8-9H2,1-7H3/q+1. The first-order chi connectivity index (χ1) is 19.5. The molecule has 0 unspecified atom stereocenters. The predicted molar refractivity (Wildman–Crippen MR) is 164 cm³/mol. The molecule has 0 radical (unpaired) electrons. The van der Waals surface area contributed by atoms with Crippen molar-refractivity contribution in [1.82, 2.24) is 0 Å². The molecule has 0 amide bonds. The van der Waals surface area contributed by atoms with Gasteiger partial charge in [0.25, 0.3) is 0 Å². The molecule has 7 heteroatoms. The fraction of sp³-hybridized carbons (Fsp3) is 0.324. The Morgan fingerprint density at radius 2 is 1.83 bits per heavy atom. The van der Waals surface area contributed by atoms with Gasteiger partial charge in [0.2, 0.25) is 5.69 Å². The Kier molecular flexibility index (Phi) is 6.94. The van der Waals surface area contributed by atoms with Crippen LogP contribution in [-0.2, 0) is 15.6 Å². The van der Waals surface area contributed by atoms with E-state index in [1.807, 2.05) is 48.6 Å². The van der Waals surface area contributed by atoms with Crippen LogP contribution >= 0.6 is 11.6 Å². The number of Topliss-reactive ketones (excluding diaryl/α,β-unsaturated/α-hetero) is 1. The number of hydrogen-bond acceptors (Lipinski definition) is 5. The van der Waals surface area contributed by atoms with Gasteiger partial charge in [-0.1, -0.05) is 25.4 Å². The van der Waals surface area contributed by atoms with E-state index in [0.29, 0.717) is 34.8 Å². The van der Waals surface area contributed by atoms with E-state index in [2.05, 4.69) is 63.0 Å². The predicted octanol–water partition coefficient (Wildman–Crippen LogP) is 6.95. The van der Waals surface area contributed by atoms with E-state index in [4.69, 9.17) is 21.7 Å². The first-order valence-corrected chi connectivity index (χ1v) is 14.2. The summed E-state index contributed by atoms with van der Waals surface area (Å²) >= 11 is 6.37. The summed E-state index contributed by atoms with van der Waals surface area (Å²) in [7, 11) is 1.65. The lowest BCUT2D eigenvalue weighted by Crippen LogP contribution is -2.32. The summed E-state index contributed by atoms with van der Waals surface area (Å²) in [5, 5.41) is 18.5. The van der Waals surface area contributed by atoms with Gasteiger partial charge in [-0.2, -0.15) is 9.84 Å². The smallest absolute Gasteiger partial charge is 0.210 e. The quantitative estimate of drug-likeness (QED) is 0.178. The number of benzene rings is 2. The van der Waals surface area contributed by atoms with E-state index in [1.54, 1.807) is 7.11 Å². The number of ketones is 1. The molecule has 2 aliphatic heterocycles. The first kappa shape index (κ1) is 28.4. The average molecular weight is 566 g/mol. The van der Waals surface area contributed by atoms with Crippen LogP contribution in [0.5, 0.6) is 5.75 Å². The summed E-state index contributed by atoms with van der Waals surface area (Å²) < 4.78 is 7.69. The zero-order valence-electron chi connectivity index (χ0n) is 24.6. The number of methoxy groups -OCH3 is 1. The molecule has 2 heterocycles. The lowest BCUT2D eigenvalue weighted by Gasteiger charge is -2.30. The number of anilines is 1. The Labute approximate surface area is 246 Å². The lowest BCUT2D eigenvalue weighted by molar-refractivity contribution is -0.433. The van der Waals surface area contributed by atoms with Crippen molar-refractivity contribution in [2.45, 2.75) is 52.4 Å². The largest absolute Gasteiger partial charge is 0.497 e. The van der Waals surface area contributed by atoms with Gasteiger partial charge in [0.15, 0.2) is 11.5 Å². The third kappa shape index (κ3) is 4.11. The molecule has 0 spiro atoms. The first-order valence-electron chi connectivity index (χ1n) is 13.8. The van der Waals surface area contributed by atoms with Gasteiger partial charge in [-0.05, 0) is 75.5 Å². The summed E-state index contributed by atoms with van der Waals surface area (Å²) in [6, 6.07) is 14.0. The number of carbonyl (C=O) groups excluding carboxylic acids is 1. The maximum absolute atomic E-state index is 13.9. The van der Waals surface area contributed by atoms with Crippen molar-refractivity contribution >= 4 is 40.3 Å². The molecule has 6 nitrogen and oxygen atoms in total. The number of rotatable bonds is 6. The molecule has 1 aliphatic carbocycles. The van der Waals surface area contributed by atoms with E-state index < -0.39 is 10.8 Å².